The molecule has 154 valence electrons. The summed E-state index contributed by atoms with van der Waals surface area (Å²) in [5, 5.41) is 16.3. The van der Waals surface area contributed by atoms with Crippen LogP contribution < -0.4 is 10.9 Å². The van der Waals surface area contributed by atoms with Gasteiger partial charge in [-0.05, 0) is 41.5 Å². The van der Waals surface area contributed by atoms with E-state index in [9.17, 15) is 14.9 Å². The molecule has 0 saturated carbocycles. The van der Waals surface area contributed by atoms with Gasteiger partial charge in [0.25, 0.3) is 5.69 Å². The lowest BCUT2D eigenvalue weighted by Gasteiger charge is -2.30. The Balaban J connectivity index is 1.72. The fourth-order valence-corrected chi connectivity index (χ4v) is 4.56. The number of nitrogens with one attached hydrogen (secondary N) is 1. The third-order valence-corrected chi connectivity index (χ3v) is 5.95. The highest BCUT2D eigenvalue weighted by molar-refractivity contribution is 6.00. The summed E-state index contributed by atoms with van der Waals surface area (Å²) < 4.78 is 5.68. The molecule has 0 amide bonds. The van der Waals surface area contributed by atoms with Crippen LogP contribution in [0, 0.1) is 10.1 Å². The first-order valence-electron chi connectivity index (χ1n) is 10.1. The number of rotatable bonds is 2. The molecule has 0 spiro atoms. The second-order valence-electron chi connectivity index (χ2n) is 7.68. The number of fused-ring (bicyclic) bond motifs is 6. The number of nitro benzene ring substituents is 1. The standard InChI is InChI=1S/C25H15N3O4/c29-25-23-21(14-7-9-15(10-8-14)28(30)31)22-16-5-3-13-26-18(16)11-12-19(22)27-24(23)17-4-1-2-6-20(17)32-25/h1-13,21,27H. The number of hydrogen-bond acceptors (Lipinski definition) is 6. The van der Waals surface area contributed by atoms with Crippen LogP contribution in [0.25, 0.3) is 21.9 Å². The van der Waals surface area contributed by atoms with Gasteiger partial charge < -0.3 is 9.73 Å². The molecule has 32 heavy (non-hydrogen) atoms. The molecule has 1 unspecified atom stereocenters. The molecule has 7 nitrogen and oxygen atoms in total. The van der Waals surface area contributed by atoms with Crippen molar-refractivity contribution in [1.29, 1.82) is 0 Å². The van der Waals surface area contributed by atoms with Gasteiger partial charge in [-0.1, -0.05) is 30.3 Å². The highest BCUT2D eigenvalue weighted by Gasteiger charge is 2.33. The third kappa shape index (κ3) is 2.61. The van der Waals surface area contributed by atoms with Crippen LogP contribution in [0.5, 0.6) is 0 Å². The second-order valence-corrected chi connectivity index (χ2v) is 7.68. The van der Waals surface area contributed by atoms with Gasteiger partial charge in [-0.15, -0.1) is 0 Å². The zero-order valence-corrected chi connectivity index (χ0v) is 16.6. The number of non-ortho nitro benzene ring substituents is 1. The lowest BCUT2D eigenvalue weighted by Crippen LogP contribution is -2.22. The van der Waals surface area contributed by atoms with E-state index in [1.807, 2.05) is 42.5 Å². The molecule has 3 aromatic carbocycles. The van der Waals surface area contributed by atoms with Crippen molar-refractivity contribution < 1.29 is 9.34 Å². The van der Waals surface area contributed by atoms with Gasteiger partial charge in [0.2, 0.25) is 0 Å². The largest absolute Gasteiger partial charge is 0.422 e. The van der Waals surface area contributed by atoms with Gasteiger partial charge in [-0.2, -0.15) is 0 Å². The van der Waals surface area contributed by atoms with Gasteiger partial charge in [0.1, 0.15) is 5.58 Å². The van der Waals surface area contributed by atoms with Crippen molar-refractivity contribution >= 4 is 38.9 Å². The van der Waals surface area contributed by atoms with Crippen molar-refractivity contribution in [3.05, 3.63) is 116 Å². The number of para-hydroxylation sites is 1. The van der Waals surface area contributed by atoms with E-state index < -0.39 is 16.5 Å². The minimum absolute atomic E-state index is 0.00624. The molecule has 0 aliphatic carbocycles. The minimum atomic E-state index is -0.476. The first-order valence-corrected chi connectivity index (χ1v) is 10.1. The zero-order chi connectivity index (χ0) is 21.8. The summed E-state index contributed by atoms with van der Waals surface area (Å²) in [6.45, 7) is 0. The van der Waals surface area contributed by atoms with Crippen molar-refractivity contribution in [3.8, 4) is 0 Å². The third-order valence-electron chi connectivity index (χ3n) is 5.95. The number of aromatic nitrogens is 1. The molecule has 1 aliphatic heterocycles. The van der Waals surface area contributed by atoms with Crippen LogP contribution in [0.3, 0.4) is 0 Å². The summed E-state index contributed by atoms with van der Waals surface area (Å²) in [6, 6.07) is 21.4. The Kier molecular flexibility index (Phi) is 3.85. The summed E-state index contributed by atoms with van der Waals surface area (Å²) in [5.41, 5.74) is 4.52. The van der Waals surface area contributed by atoms with Gasteiger partial charge in [0, 0.05) is 40.7 Å². The fraction of sp³-hybridized carbons (Fsp3) is 0.0400. The highest BCUT2D eigenvalue weighted by atomic mass is 16.6. The predicted octanol–water partition coefficient (Wildman–Crippen LogP) is 5.49. The first-order chi connectivity index (χ1) is 15.6. The van der Waals surface area contributed by atoms with Crippen molar-refractivity contribution in [2.45, 2.75) is 5.92 Å². The molecule has 1 atom stereocenters. The van der Waals surface area contributed by atoms with Crippen LogP contribution >= 0.6 is 0 Å². The molecule has 0 radical (unpaired) electrons. The number of benzene rings is 3. The van der Waals surface area contributed by atoms with E-state index >= 15 is 0 Å². The molecule has 1 aliphatic rings. The summed E-state index contributed by atoms with van der Waals surface area (Å²) in [6.07, 6.45) is 1.72. The van der Waals surface area contributed by atoms with E-state index in [1.54, 1.807) is 24.4 Å². The number of hydrogen-bond donors (Lipinski definition) is 1. The summed E-state index contributed by atoms with van der Waals surface area (Å²) in [5.74, 6) is -0.476. The molecule has 6 rings (SSSR count). The Labute approximate surface area is 181 Å². The molecule has 0 fully saturated rings. The van der Waals surface area contributed by atoms with E-state index in [-0.39, 0.29) is 5.69 Å². The average Bonchev–Trinajstić information content (AvgIpc) is 2.83. The Bertz CT molecular complexity index is 1610. The number of nitrogens with zero attached hydrogens (tertiary/aromatic N) is 2. The topological polar surface area (TPSA) is 98.3 Å². The number of pyridine rings is 1. The average molecular weight is 421 g/mol. The summed E-state index contributed by atoms with van der Waals surface area (Å²) >= 11 is 0. The maximum atomic E-state index is 13.3. The van der Waals surface area contributed by atoms with Gasteiger partial charge >= 0.3 is 5.63 Å². The molecule has 1 N–H and O–H groups in total. The Morgan fingerprint density at radius 3 is 2.50 bits per heavy atom. The van der Waals surface area contributed by atoms with E-state index in [4.69, 9.17) is 4.42 Å². The normalized spacial score (nSPS) is 14.6. The van der Waals surface area contributed by atoms with E-state index in [0.29, 0.717) is 16.8 Å². The van der Waals surface area contributed by atoms with Gasteiger partial charge in [-0.25, -0.2) is 4.79 Å². The zero-order valence-electron chi connectivity index (χ0n) is 16.6. The Hall–Kier alpha value is -4.52. The smallest absolute Gasteiger partial charge is 0.342 e. The van der Waals surface area contributed by atoms with Crippen LogP contribution in [-0.4, -0.2) is 9.91 Å². The molecule has 2 aromatic heterocycles. The van der Waals surface area contributed by atoms with Gasteiger partial charge in [0.15, 0.2) is 0 Å². The molecule has 5 aromatic rings. The van der Waals surface area contributed by atoms with Gasteiger partial charge in [0.05, 0.1) is 21.7 Å². The molecule has 7 heteroatoms. The van der Waals surface area contributed by atoms with E-state index in [1.165, 1.54) is 12.1 Å². The molecule has 0 saturated heterocycles. The minimum Gasteiger partial charge on any atom is -0.422 e. The van der Waals surface area contributed by atoms with Crippen molar-refractivity contribution in [2.75, 3.05) is 5.32 Å². The van der Waals surface area contributed by atoms with Gasteiger partial charge in [-0.3, -0.25) is 15.1 Å². The number of anilines is 2. The van der Waals surface area contributed by atoms with Crippen LogP contribution in [0.4, 0.5) is 17.1 Å². The summed E-state index contributed by atoms with van der Waals surface area (Å²) in [4.78, 5) is 28.5. The maximum Gasteiger partial charge on any atom is 0.342 e. The highest BCUT2D eigenvalue weighted by Crippen LogP contribution is 2.48. The number of nitro groups is 1. The molecule has 3 heterocycles. The lowest BCUT2D eigenvalue weighted by molar-refractivity contribution is -0.384. The molecular formula is C25H15N3O4. The SMILES string of the molecule is O=c1oc2ccccc2c2c1C(c1ccc([N+](=O)[O-])cc1)c1c(ccc3ncccc13)N2. The van der Waals surface area contributed by atoms with E-state index in [0.717, 1.165) is 33.1 Å². The quantitative estimate of drug-likeness (QED) is 0.226. The van der Waals surface area contributed by atoms with Crippen LogP contribution in [0.1, 0.15) is 22.6 Å². The lowest BCUT2D eigenvalue weighted by atomic mass is 9.79. The predicted molar refractivity (Wildman–Crippen MR) is 122 cm³/mol. The second kappa shape index (κ2) is 6.75. The first kappa shape index (κ1) is 18.3. The van der Waals surface area contributed by atoms with Crippen molar-refractivity contribution in [1.82, 2.24) is 4.98 Å². The Morgan fingerprint density at radius 1 is 0.906 bits per heavy atom. The van der Waals surface area contributed by atoms with Crippen molar-refractivity contribution in [2.24, 2.45) is 0 Å². The van der Waals surface area contributed by atoms with Crippen LogP contribution in [0.15, 0.2) is 88.2 Å². The monoisotopic (exact) mass is 421 g/mol. The van der Waals surface area contributed by atoms with Crippen LogP contribution in [0.2, 0.25) is 0 Å². The van der Waals surface area contributed by atoms with E-state index in [2.05, 4.69) is 10.3 Å². The summed E-state index contributed by atoms with van der Waals surface area (Å²) in [7, 11) is 0. The fourth-order valence-electron chi connectivity index (χ4n) is 4.56. The van der Waals surface area contributed by atoms with Crippen LogP contribution in [-0.2, 0) is 0 Å². The maximum absolute atomic E-state index is 13.3. The Morgan fingerprint density at radius 2 is 1.69 bits per heavy atom. The molecular weight excluding hydrogens is 406 g/mol. The van der Waals surface area contributed by atoms with Crippen molar-refractivity contribution in [3.63, 3.8) is 0 Å². The molecule has 0 bridgehead atoms.